The van der Waals surface area contributed by atoms with Crippen molar-refractivity contribution in [1.82, 2.24) is 10.6 Å². The summed E-state index contributed by atoms with van der Waals surface area (Å²) in [7, 11) is 1.42. The van der Waals surface area contributed by atoms with E-state index in [4.69, 9.17) is 0 Å². The van der Waals surface area contributed by atoms with Crippen LogP contribution in [0.1, 0.15) is 77.6 Å². The predicted octanol–water partition coefficient (Wildman–Crippen LogP) is 3.77. The van der Waals surface area contributed by atoms with Gasteiger partial charge in [0, 0.05) is 18.5 Å². The summed E-state index contributed by atoms with van der Waals surface area (Å²) >= 11 is 0. The zero-order valence-electron chi connectivity index (χ0n) is 15.3. The molecule has 2 saturated carbocycles. The van der Waals surface area contributed by atoms with Gasteiger partial charge in [-0.3, -0.25) is 4.79 Å². The summed E-state index contributed by atoms with van der Waals surface area (Å²) < 4.78 is 4.67. The number of nitrogens with one attached hydrogen (secondary N) is 2. The largest absolute Gasteiger partial charge is 0.453 e. The van der Waals surface area contributed by atoms with E-state index in [1.54, 1.807) is 0 Å². The molecule has 0 spiro atoms. The molecular weight excluding hydrogens is 304 g/mol. The van der Waals surface area contributed by atoms with Crippen LogP contribution in [0.15, 0.2) is 0 Å². The van der Waals surface area contributed by atoms with Crippen LogP contribution in [0.2, 0.25) is 0 Å². The highest BCUT2D eigenvalue weighted by Gasteiger charge is 2.27. The molecule has 0 heterocycles. The van der Waals surface area contributed by atoms with Crippen LogP contribution in [0.3, 0.4) is 0 Å². The standard InChI is InChI=1S/C19H34N2O3/c1-3-4-18(22)20-16-9-5-14(6-10-16)13-15-7-11-17(12-8-15)21-19(23)24-2/h14-17H,3-13H2,1-2H3,(H,20,22)(H,21,23). The Kier molecular flexibility index (Phi) is 7.86. The molecule has 0 atom stereocenters. The molecule has 2 aliphatic carbocycles. The SMILES string of the molecule is CCCC(=O)NC1CCC(CC2CCC(NC(=O)OC)CC2)CC1. The van der Waals surface area contributed by atoms with Gasteiger partial charge in [0.05, 0.1) is 7.11 Å². The maximum atomic E-state index is 11.7. The quantitative estimate of drug-likeness (QED) is 0.775. The highest BCUT2D eigenvalue weighted by Crippen LogP contribution is 2.35. The number of rotatable bonds is 6. The summed E-state index contributed by atoms with van der Waals surface area (Å²) in [6.45, 7) is 2.05. The average Bonchev–Trinajstić information content (AvgIpc) is 2.58. The Morgan fingerprint density at radius 1 is 0.875 bits per heavy atom. The van der Waals surface area contributed by atoms with E-state index in [9.17, 15) is 9.59 Å². The number of amides is 2. The summed E-state index contributed by atoms with van der Waals surface area (Å²) in [6, 6.07) is 0.693. The van der Waals surface area contributed by atoms with Crippen molar-refractivity contribution in [3.05, 3.63) is 0 Å². The second-order valence-corrected chi connectivity index (χ2v) is 7.62. The highest BCUT2D eigenvalue weighted by molar-refractivity contribution is 5.76. The first kappa shape index (κ1) is 19.1. The normalized spacial score (nSPS) is 30.4. The van der Waals surface area contributed by atoms with Crippen LogP contribution < -0.4 is 10.6 Å². The van der Waals surface area contributed by atoms with Gasteiger partial charge >= 0.3 is 6.09 Å². The van der Waals surface area contributed by atoms with Crippen LogP contribution in [0.25, 0.3) is 0 Å². The van der Waals surface area contributed by atoms with Gasteiger partial charge in [-0.25, -0.2) is 4.79 Å². The van der Waals surface area contributed by atoms with Gasteiger partial charge in [0.25, 0.3) is 0 Å². The Labute approximate surface area is 146 Å². The summed E-state index contributed by atoms with van der Waals surface area (Å²) in [5.41, 5.74) is 0. The lowest BCUT2D eigenvalue weighted by Gasteiger charge is -2.34. The van der Waals surface area contributed by atoms with E-state index < -0.39 is 0 Å². The average molecular weight is 338 g/mol. The third-order valence-electron chi connectivity index (χ3n) is 5.71. The van der Waals surface area contributed by atoms with Crippen LogP contribution in [0, 0.1) is 11.8 Å². The van der Waals surface area contributed by atoms with Gasteiger partial charge in [-0.05, 0) is 76.0 Å². The maximum absolute atomic E-state index is 11.7. The Morgan fingerprint density at radius 2 is 1.38 bits per heavy atom. The van der Waals surface area contributed by atoms with Crippen molar-refractivity contribution in [3.63, 3.8) is 0 Å². The molecule has 0 aliphatic heterocycles. The smallest absolute Gasteiger partial charge is 0.407 e. The minimum Gasteiger partial charge on any atom is -0.453 e. The van der Waals surface area contributed by atoms with Crippen molar-refractivity contribution in [1.29, 1.82) is 0 Å². The molecule has 2 rings (SSSR count). The predicted molar refractivity (Wildman–Crippen MR) is 94.7 cm³/mol. The van der Waals surface area contributed by atoms with Crippen molar-refractivity contribution in [2.75, 3.05) is 7.11 Å². The molecular formula is C19H34N2O3. The van der Waals surface area contributed by atoms with E-state index in [0.29, 0.717) is 18.5 Å². The monoisotopic (exact) mass is 338 g/mol. The second kappa shape index (κ2) is 9.90. The van der Waals surface area contributed by atoms with E-state index in [0.717, 1.165) is 43.9 Å². The molecule has 2 aliphatic rings. The van der Waals surface area contributed by atoms with Crippen LogP contribution in [0.4, 0.5) is 4.79 Å². The van der Waals surface area contributed by atoms with Crippen LogP contribution in [-0.4, -0.2) is 31.2 Å². The molecule has 0 radical (unpaired) electrons. The molecule has 2 amide bonds. The molecule has 0 aromatic carbocycles. The summed E-state index contributed by atoms with van der Waals surface area (Å²) in [4.78, 5) is 23.0. The lowest BCUT2D eigenvalue weighted by atomic mass is 9.75. The molecule has 0 aromatic rings. The summed E-state index contributed by atoms with van der Waals surface area (Å²) in [5.74, 6) is 1.84. The molecule has 138 valence electrons. The van der Waals surface area contributed by atoms with Gasteiger partial charge in [-0.2, -0.15) is 0 Å². The topological polar surface area (TPSA) is 67.4 Å². The molecule has 0 saturated heterocycles. The summed E-state index contributed by atoms with van der Waals surface area (Å²) in [5, 5.41) is 6.11. The second-order valence-electron chi connectivity index (χ2n) is 7.62. The minimum absolute atomic E-state index is 0.220. The van der Waals surface area contributed by atoms with Crippen molar-refractivity contribution in [2.24, 2.45) is 11.8 Å². The molecule has 0 bridgehead atoms. The number of carbonyl (C=O) groups is 2. The number of alkyl carbamates (subject to hydrolysis) is 1. The fraction of sp³-hybridized carbons (Fsp3) is 0.895. The zero-order chi connectivity index (χ0) is 17.4. The van der Waals surface area contributed by atoms with Crippen LogP contribution in [-0.2, 0) is 9.53 Å². The molecule has 5 nitrogen and oxygen atoms in total. The Morgan fingerprint density at radius 3 is 1.83 bits per heavy atom. The van der Waals surface area contributed by atoms with E-state index in [2.05, 4.69) is 15.4 Å². The fourth-order valence-electron chi connectivity index (χ4n) is 4.31. The molecule has 0 unspecified atom stereocenters. The Bertz CT molecular complexity index is 397. The van der Waals surface area contributed by atoms with E-state index in [1.807, 2.05) is 6.92 Å². The van der Waals surface area contributed by atoms with Gasteiger partial charge in [0.15, 0.2) is 0 Å². The van der Waals surface area contributed by atoms with Crippen molar-refractivity contribution in [2.45, 2.75) is 89.6 Å². The van der Waals surface area contributed by atoms with E-state index in [-0.39, 0.29) is 12.0 Å². The lowest BCUT2D eigenvalue weighted by Crippen LogP contribution is -2.39. The number of hydrogen-bond acceptors (Lipinski definition) is 3. The van der Waals surface area contributed by atoms with Gasteiger partial charge in [-0.15, -0.1) is 0 Å². The van der Waals surface area contributed by atoms with Gasteiger partial charge in [0.2, 0.25) is 5.91 Å². The molecule has 5 heteroatoms. The lowest BCUT2D eigenvalue weighted by molar-refractivity contribution is -0.122. The first-order valence-electron chi connectivity index (χ1n) is 9.74. The first-order valence-corrected chi connectivity index (χ1v) is 9.74. The van der Waals surface area contributed by atoms with Gasteiger partial charge < -0.3 is 15.4 Å². The third-order valence-corrected chi connectivity index (χ3v) is 5.71. The zero-order valence-corrected chi connectivity index (χ0v) is 15.3. The Hall–Kier alpha value is -1.26. The van der Waals surface area contributed by atoms with Crippen molar-refractivity contribution >= 4 is 12.0 Å². The van der Waals surface area contributed by atoms with Crippen LogP contribution in [0.5, 0.6) is 0 Å². The van der Waals surface area contributed by atoms with E-state index >= 15 is 0 Å². The molecule has 2 fully saturated rings. The van der Waals surface area contributed by atoms with Gasteiger partial charge in [-0.1, -0.05) is 6.92 Å². The van der Waals surface area contributed by atoms with Crippen LogP contribution >= 0.6 is 0 Å². The maximum Gasteiger partial charge on any atom is 0.407 e. The van der Waals surface area contributed by atoms with Crippen molar-refractivity contribution in [3.8, 4) is 0 Å². The number of carbonyl (C=O) groups excluding carboxylic acids is 2. The highest BCUT2D eigenvalue weighted by atomic mass is 16.5. The number of methoxy groups -OCH3 is 1. The first-order chi connectivity index (χ1) is 11.6. The Balaban J connectivity index is 1.61. The number of hydrogen-bond donors (Lipinski definition) is 2. The molecule has 0 aromatic heterocycles. The third kappa shape index (κ3) is 6.33. The van der Waals surface area contributed by atoms with Crippen molar-refractivity contribution < 1.29 is 14.3 Å². The molecule has 2 N–H and O–H groups in total. The van der Waals surface area contributed by atoms with Gasteiger partial charge in [0.1, 0.15) is 0 Å². The van der Waals surface area contributed by atoms with E-state index in [1.165, 1.54) is 39.2 Å². The summed E-state index contributed by atoms with van der Waals surface area (Å²) in [6.07, 6.45) is 11.9. The number of ether oxygens (including phenoxy) is 1. The fourth-order valence-corrected chi connectivity index (χ4v) is 4.31. The molecule has 24 heavy (non-hydrogen) atoms. The minimum atomic E-state index is -0.304.